The number of hydrogen-bond acceptors (Lipinski definition) is 2. The van der Waals surface area contributed by atoms with Crippen LogP contribution < -0.4 is 0 Å². The van der Waals surface area contributed by atoms with Gasteiger partial charge in [0.15, 0.2) is 0 Å². The van der Waals surface area contributed by atoms with Gasteiger partial charge in [0.2, 0.25) is 0 Å². The second kappa shape index (κ2) is 5.15. The molecule has 0 bridgehead atoms. The number of aliphatic imine (C=N–C) groups is 1. The van der Waals surface area contributed by atoms with Crippen molar-refractivity contribution in [1.29, 1.82) is 0 Å². The lowest BCUT2D eigenvalue weighted by Gasteiger charge is -2.17. The van der Waals surface area contributed by atoms with Crippen LogP contribution in [0.15, 0.2) is 35.3 Å². The molecule has 3 heteroatoms. The maximum Gasteiger partial charge on any atom is 0.131 e. The Kier molecular flexibility index (Phi) is 3.59. The maximum atomic E-state index is 5.68. The molecule has 0 saturated heterocycles. The Hall–Kier alpha value is -1.61. The van der Waals surface area contributed by atoms with Gasteiger partial charge in [-0.05, 0) is 26.0 Å². The Balaban J connectivity index is 2.59. The monoisotopic (exact) mass is 230 g/mol. The fourth-order valence-electron chi connectivity index (χ4n) is 2.15. The van der Waals surface area contributed by atoms with E-state index >= 15 is 0 Å². The minimum atomic E-state index is 0.0212. The number of ether oxygens (including phenoxy) is 1. The van der Waals surface area contributed by atoms with Crippen LogP contribution in [0.25, 0.3) is 10.9 Å². The molecular formula is C14H18N2O. The molecule has 0 aliphatic heterocycles. The summed E-state index contributed by atoms with van der Waals surface area (Å²) >= 11 is 0. The third-order valence-electron chi connectivity index (χ3n) is 2.81. The van der Waals surface area contributed by atoms with Gasteiger partial charge in [-0.25, -0.2) is 0 Å². The van der Waals surface area contributed by atoms with E-state index in [-0.39, 0.29) is 6.23 Å². The third-order valence-corrected chi connectivity index (χ3v) is 2.81. The van der Waals surface area contributed by atoms with Gasteiger partial charge in [0.05, 0.1) is 11.2 Å². The van der Waals surface area contributed by atoms with Crippen molar-refractivity contribution in [3.8, 4) is 0 Å². The number of para-hydroxylation sites is 1. The van der Waals surface area contributed by atoms with Crippen LogP contribution in [0.1, 0.15) is 25.8 Å². The zero-order valence-electron chi connectivity index (χ0n) is 10.6. The van der Waals surface area contributed by atoms with Crippen molar-refractivity contribution in [1.82, 2.24) is 4.57 Å². The van der Waals surface area contributed by atoms with Gasteiger partial charge >= 0.3 is 0 Å². The van der Waals surface area contributed by atoms with Crippen molar-refractivity contribution in [3.05, 3.63) is 36.0 Å². The van der Waals surface area contributed by atoms with E-state index in [1.807, 2.05) is 25.3 Å². The molecule has 0 spiro atoms. The molecule has 1 aromatic heterocycles. The Bertz CT molecular complexity index is 528. The van der Waals surface area contributed by atoms with E-state index in [4.69, 9.17) is 4.74 Å². The van der Waals surface area contributed by atoms with Gasteiger partial charge in [0.25, 0.3) is 0 Å². The van der Waals surface area contributed by atoms with E-state index in [2.05, 4.69) is 34.7 Å². The van der Waals surface area contributed by atoms with E-state index in [9.17, 15) is 0 Å². The first-order valence-corrected chi connectivity index (χ1v) is 5.91. The highest BCUT2D eigenvalue weighted by molar-refractivity contribution is 5.90. The molecule has 2 aromatic rings. The van der Waals surface area contributed by atoms with Crippen molar-refractivity contribution in [2.75, 3.05) is 13.7 Å². The van der Waals surface area contributed by atoms with E-state index in [0.717, 1.165) is 5.69 Å². The van der Waals surface area contributed by atoms with E-state index in [1.165, 1.54) is 10.9 Å². The second-order valence-electron chi connectivity index (χ2n) is 3.94. The highest BCUT2D eigenvalue weighted by Gasteiger charge is 2.12. The minimum Gasteiger partial charge on any atom is -0.359 e. The van der Waals surface area contributed by atoms with Crippen LogP contribution in [0.3, 0.4) is 0 Å². The molecule has 1 unspecified atom stereocenters. The smallest absolute Gasteiger partial charge is 0.131 e. The number of hydrogen-bond donors (Lipinski definition) is 0. The Morgan fingerprint density at radius 2 is 2.18 bits per heavy atom. The van der Waals surface area contributed by atoms with E-state index < -0.39 is 0 Å². The highest BCUT2D eigenvalue weighted by Crippen LogP contribution is 2.23. The fraction of sp³-hybridized carbons (Fsp3) is 0.357. The fourth-order valence-corrected chi connectivity index (χ4v) is 2.15. The summed E-state index contributed by atoms with van der Waals surface area (Å²) < 4.78 is 7.86. The van der Waals surface area contributed by atoms with Gasteiger partial charge < -0.3 is 9.30 Å². The SMILES string of the molecule is CCOC(C)n1c(C=NC)cc2ccccc21. The van der Waals surface area contributed by atoms with Crippen LogP contribution in [0.4, 0.5) is 0 Å². The Labute approximate surface area is 102 Å². The van der Waals surface area contributed by atoms with Gasteiger partial charge in [-0.3, -0.25) is 4.99 Å². The van der Waals surface area contributed by atoms with Crippen molar-refractivity contribution >= 4 is 17.1 Å². The van der Waals surface area contributed by atoms with Crippen LogP contribution in [0, 0.1) is 0 Å². The summed E-state index contributed by atoms with van der Waals surface area (Å²) in [5.41, 5.74) is 2.26. The van der Waals surface area contributed by atoms with Gasteiger partial charge in [0, 0.05) is 25.3 Å². The lowest BCUT2D eigenvalue weighted by atomic mass is 10.2. The average Bonchev–Trinajstić information content (AvgIpc) is 2.67. The quantitative estimate of drug-likeness (QED) is 0.740. The first-order chi connectivity index (χ1) is 8.27. The predicted molar refractivity (Wildman–Crippen MR) is 71.8 cm³/mol. The summed E-state index contributed by atoms with van der Waals surface area (Å²) in [7, 11) is 1.79. The molecule has 0 aliphatic rings. The average molecular weight is 230 g/mol. The predicted octanol–water partition coefficient (Wildman–Crippen LogP) is 3.25. The zero-order chi connectivity index (χ0) is 12.3. The lowest BCUT2D eigenvalue weighted by molar-refractivity contribution is 0.0278. The van der Waals surface area contributed by atoms with Crippen LogP contribution in [0.5, 0.6) is 0 Å². The van der Waals surface area contributed by atoms with E-state index in [0.29, 0.717) is 6.61 Å². The molecule has 17 heavy (non-hydrogen) atoms. The second-order valence-corrected chi connectivity index (χ2v) is 3.94. The van der Waals surface area contributed by atoms with Gasteiger partial charge in [-0.15, -0.1) is 0 Å². The van der Waals surface area contributed by atoms with Crippen molar-refractivity contribution in [2.45, 2.75) is 20.1 Å². The molecule has 3 nitrogen and oxygen atoms in total. The first kappa shape index (κ1) is 11.9. The van der Waals surface area contributed by atoms with Crippen molar-refractivity contribution in [3.63, 3.8) is 0 Å². The number of benzene rings is 1. The maximum absolute atomic E-state index is 5.68. The molecule has 0 saturated carbocycles. The third kappa shape index (κ3) is 2.24. The minimum absolute atomic E-state index is 0.0212. The molecule has 0 aliphatic carbocycles. The molecule has 0 fully saturated rings. The molecule has 2 rings (SSSR count). The summed E-state index contributed by atoms with van der Waals surface area (Å²) in [6, 6.07) is 10.4. The van der Waals surface area contributed by atoms with Crippen molar-refractivity contribution in [2.24, 2.45) is 4.99 Å². The summed E-state index contributed by atoms with van der Waals surface area (Å²) in [4.78, 5) is 4.10. The number of aromatic nitrogens is 1. The first-order valence-electron chi connectivity index (χ1n) is 5.91. The van der Waals surface area contributed by atoms with Gasteiger partial charge in [-0.1, -0.05) is 18.2 Å². The topological polar surface area (TPSA) is 26.5 Å². The number of fused-ring (bicyclic) bond motifs is 1. The standard InChI is InChI=1S/C14H18N2O/c1-4-17-11(2)16-13(10-15-3)9-12-7-5-6-8-14(12)16/h5-11H,4H2,1-3H3. The Morgan fingerprint density at radius 3 is 2.88 bits per heavy atom. The lowest BCUT2D eigenvalue weighted by Crippen LogP contribution is -2.11. The molecule has 0 radical (unpaired) electrons. The van der Waals surface area contributed by atoms with Crippen LogP contribution >= 0.6 is 0 Å². The summed E-state index contributed by atoms with van der Waals surface area (Å²) in [6.07, 6.45) is 1.89. The largest absolute Gasteiger partial charge is 0.359 e. The van der Waals surface area contributed by atoms with E-state index in [1.54, 1.807) is 7.05 Å². The highest BCUT2D eigenvalue weighted by atomic mass is 16.5. The number of nitrogens with zero attached hydrogens (tertiary/aromatic N) is 2. The normalized spacial score (nSPS) is 13.6. The van der Waals surface area contributed by atoms with Crippen molar-refractivity contribution < 1.29 is 4.74 Å². The van der Waals surface area contributed by atoms with Crippen LogP contribution in [0.2, 0.25) is 0 Å². The summed E-state index contributed by atoms with van der Waals surface area (Å²) in [5.74, 6) is 0. The van der Waals surface area contributed by atoms with Gasteiger partial charge in [0.1, 0.15) is 6.23 Å². The van der Waals surface area contributed by atoms with Crippen LogP contribution in [-0.2, 0) is 4.74 Å². The molecule has 0 amide bonds. The molecular weight excluding hydrogens is 212 g/mol. The molecule has 1 atom stereocenters. The number of rotatable bonds is 4. The summed E-state index contributed by atoms with van der Waals surface area (Å²) in [6.45, 7) is 4.77. The zero-order valence-corrected chi connectivity index (χ0v) is 10.6. The Morgan fingerprint density at radius 1 is 1.41 bits per heavy atom. The van der Waals surface area contributed by atoms with Gasteiger partial charge in [-0.2, -0.15) is 0 Å². The summed E-state index contributed by atoms with van der Waals surface area (Å²) in [5, 5.41) is 1.22. The molecule has 1 aromatic carbocycles. The van der Waals surface area contributed by atoms with Crippen LogP contribution in [-0.4, -0.2) is 24.4 Å². The molecule has 90 valence electrons. The molecule has 0 N–H and O–H groups in total. The molecule has 1 heterocycles.